The van der Waals surface area contributed by atoms with Crippen molar-refractivity contribution in [2.24, 2.45) is 4.99 Å². The molecule has 0 unspecified atom stereocenters. The summed E-state index contributed by atoms with van der Waals surface area (Å²) >= 11 is 0. The first-order valence-corrected chi connectivity index (χ1v) is 10.3. The highest BCUT2D eigenvalue weighted by molar-refractivity contribution is 5.80. The van der Waals surface area contributed by atoms with Crippen LogP contribution < -0.4 is 20.7 Å². The maximum absolute atomic E-state index is 13.4. The lowest BCUT2D eigenvalue weighted by molar-refractivity contribution is 0.0474. The fourth-order valence-electron chi connectivity index (χ4n) is 2.62. The average molecular weight is 446 g/mol. The number of guanidine groups is 1. The number of aliphatic imine (C=N–C) groups is 1. The number of carbonyl (C=O) groups excluding carboxylic acids is 1. The number of nitrogens with one attached hydrogen (secondary N) is 3. The molecule has 32 heavy (non-hydrogen) atoms. The molecular weight excluding hydrogens is 413 g/mol. The van der Waals surface area contributed by atoms with Crippen LogP contribution in [0.1, 0.15) is 40.2 Å². The van der Waals surface area contributed by atoms with Gasteiger partial charge in [0.1, 0.15) is 17.2 Å². The topological polar surface area (TPSA) is 96.9 Å². The molecule has 1 heterocycles. The van der Waals surface area contributed by atoms with Crippen molar-refractivity contribution in [2.45, 2.75) is 52.3 Å². The molecule has 0 aliphatic heterocycles. The fraction of sp³-hybridized carbons (Fsp3) is 0.435. The first-order valence-electron chi connectivity index (χ1n) is 10.3. The summed E-state index contributed by atoms with van der Waals surface area (Å²) < 4.78 is 24.5. The van der Waals surface area contributed by atoms with Gasteiger partial charge in [-0.2, -0.15) is 0 Å². The molecule has 8 nitrogen and oxygen atoms in total. The minimum atomic E-state index is -0.583. The highest BCUT2D eigenvalue weighted by atomic mass is 19.1. The highest BCUT2D eigenvalue weighted by Gasteiger charge is 2.24. The van der Waals surface area contributed by atoms with E-state index in [4.69, 9.17) is 9.47 Å². The summed E-state index contributed by atoms with van der Waals surface area (Å²) in [4.78, 5) is 20.5. The van der Waals surface area contributed by atoms with Gasteiger partial charge in [0, 0.05) is 38.0 Å². The molecule has 2 aromatic rings. The van der Waals surface area contributed by atoms with Crippen molar-refractivity contribution >= 4 is 12.1 Å². The van der Waals surface area contributed by atoms with Crippen LogP contribution in [0, 0.1) is 5.82 Å². The second-order valence-electron chi connectivity index (χ2n) is 8.82. The Bertz CT molecular complexity index is 941. The predicted octanol–water partition coefficient (Wildman–Crippen LogP) is 3.98. The van der Waals surface area contributed by atoms with Crippen LogP contribution in [0.2, 0.25) is 0 Å². The molecule has 0 bridgehead atoms. The number of aromatic nitrogens is 1. The van der Waals surface area contributed by atoms with Gasteiger partial charge >= 0.3 is 6.09 Å². The fourth-order valence-corrected chi connectivity index (χ4v) is 2.62. The van der Waals surface area contributed by atoms with Crippen molar-refractivity contribution in [1.82, 2.24) is 20.9 Å². The van der Waals surface area contributed by atoms with Gasteiger partial charge in [0.15, 0.2) is 5.96 Å². The molecule has 1 aromatic carbocycles. The largest absolute Gasteiger partial charge is 0.444 e. The molecule has 9 heteroatoms. The smallest absolute Gasteiger partial charge is 0.408 e. The van der Waals surface area contributed by atoms with E-state index in [-0.39, 0.29) is 5.82 Å². The third-order valence-electron chi connectivity index (χ3n) is 4.07. The van der Waals surface area contributed by atoms with E-state index in [9.17, 15) is 9.18 Å². The molecule has 0 aliphatic rings. The van der Waals surface area contributed by atoms with E-state index in [0.717, 1.165) is 5.56 Å². The van der Waals surface area contributed by atoms with Gasteiger partial charge in [0.2, 0.25) is 5.88 Å². The van der Waals surface area contributed by atoms with E-state index >= 15 is 0 Å². The second-order valence-corrected chi connectivity index (χ2v) is 8.82. The summed E-state index contributed by atoms with van der Waals surface area (Å²) in [5.41, 5.74) is -0.383. The maximum atomic E-state index is 13.4. The lowest BCUT2D eigenvalue weighted by Gasteiger charge is -2.29. The monoisotopic (exact) mass is 445 g/mol. The van der Waals surface area contributed by atoms with Crippen molar-refractivity contribution in [1.29, 1.82) is 0 Å². The van der Waals surface area contributed by atoms with Crippen LogP contribution in [0.3, 0.4) is 0 Å². The number of hydrogen-bond acceptors (Lipinski definition) is 5. The molecule has 2 rings (SSSR count). The Hall–Kier alpha value is -3.36. The van der Waals surface area contributed by atoms with E-state index in [1.54, 1.807) is 31.4 Å². The van der Waals surface area contributed by atoms with Gasteiger partial charge in [-0.25, -0.2) is 14.2 Å². The minimum absolute atomic E-state index is 0.363. The summed E-state index contributed by atoms with van der Waals surface area (Å²) in [6.45, 7) is 9.98. The zero-order valence-corrected chi connectivity index (χ0v) is 19.5. The molecule has 0 saturated carbocycles. The van der Waals surface area contributed by atoms with Crippen molar-refractivity contribution in [3.05, 3.63) is 54.0 Å². The van der Waals surface area contributed by atoms with Gasteiger partial charge < -0.3 is 25.4 Å². The summed E-state index contributed by atoms with van der Waals surface area (Å²) in [5.74, 6) is 0.880. The van der Waals surface area contributed by atoms with Crippen LogP contribution >= 0.6 is 0 Å². The van der Waals surface area contributed by atoms with Gasteiger partial charge in [0.25, 0.3) is 0 Å². The maximum Gasteiger partial charge on any atom is 0.408 e. The Morgan fingerprint density at radius 3 is 2.53 bits per heavy atom. The Morgan fingerprint density at radius 1 is 1.12 bits per heavy atom. The Balaban J connectivity index is 1.93. The van der Waals surface area contributed by atoms with E-state index in [1.807, 2.05) is 40.7 Å². The first-order chi connectivity index (χ1) is 15.0. The molecule has 0 saturated heterocycles. The Morgan fingerprint density at radius 2 is 1.88 bits per heavy atom. The molecule has 1 aromatic heterocycles. The number of alkyl carbamates (subject to hydrolysis) is 1. The minimum Gasteiger partial charge on any atom is -0.444 e. The molecule has 1 amide bonds. The van der Waals surface area contributed by atoms with Gasteiger partial charge in [-0.3, -0.25) is 4.99 Å². The first kappa shape index (κ1) is 24.9. The SMILES string of the molecule is CN=C(NCc1cccnc1Oc1cccc(F)c1)NCC(C)(C)NC(=O)OC(C)(C)C. The number of amides is 1. The molecule has 0 fully saturated rings. The van der Waals surface area contributed by atoms with Crippen molar-refractivity contribution < 1.29 is 18.7 Å². The van der Waals surface area contributed by atoms with Gasteiger partial charge in [0.05, 0.1) is 5.54 Å². The highest BCUT2D eigenvalue weighted by Crippen LogP contribution is 2.23. The van der Waals surface area contributed by atoms with E-state index in [1.165, 1.54) is 12.1 Å². The van der Waals surface area contributed by atoms with Crippen LogP contribution in [-0.4, -0.2) is 41.8 Å². The lowest BCUT2D eigenvalue weighted by atomic mass is 10.1. The second kappa shape index (κ2) is 10.8. The van der Waals surface area contributed by atoms with Crippen molar-refractivity contribution in [3.8, 4) is 11.6 Å². The van der Waals surface area contributed by atoms with E-state index < -0.39 is 17.2 Å². The van der Waals surface area contributed by atoms with Crippen LogP contribution in [0.15, 0.2) is 47.6 Å². The number of hydrogen-bond donors (Lipinski definition) is 3. The van der Waals surface area contributed by atoms with Crippen LogP contribution in [0.5, 0.6) is 11.6 Å². The summed E-state index contributed by atoms with van der Waals surface area (Å²) in [5, 5.41) is 9.21. The molecular formula is C23H32FN5O3. The molecule has 0 radical (unpaired) electrons. The predicted molar refractivity (Wildman–Crippen MR) is 122 cm³/mol. The normalized spacial score (nSPS) is 12.2. The quantitative estimate of drug-likeness (QED) is 0.441. The van der Waals surface area contributed by atoms with E-state index in [0.29, 0.717) is 30.7 Å². The number of rotatable bonds is 7. The van der Waals surface area contributed by atoms with Crippen molar-refractivity contribution in [2.75, 3.05) is 13.6 Å². The van der Waals surface area contributed by atoms with E-state index in [2.05, 4.69) is 25.9 Å². The van der Waals surface area contributed by atoms with Crippen LogP contribution in [-0.2, 0) is 11.3 Å². The Labute approximate surface area is 188 Å². The molecule has 3 N–H and O–H groups in total. The lowest BCUT2D eigenvalue weighted by Crippen LogP contribution is -2.54. The number of benzene rings is 1. The van der Waals surface area contributed by atoms with Gasteiger partial charge in [-0.1, -0.05) is 12.1 Å². The molecule has 0 atom stereocenters. The molecule has 0 aliphatic carbocycles. The number of carbonyl (C=O) groups is 1. The average Bonchev–Trinajstić information content (AvgIpc) is 2.67. The van der Waals surface area contributed by atoms with Crippen LogP contribution in [0.4, 0.5) is 9.18 Å². The zero-order chi connectivity index (χ0) is 23.8. The van der Waals surface area contributed by atoms with Crippen LogP contribution in [0.25, 0.3) is 0 Å². The number of pyridine rings is 1. The third-order valence-corrected chi connectivity index (χ3v) is 4.07. The Kier molecular flexibility index (Phi) is 8.40. The van der Waals surface area contributed by atoms with Crippen molar-refractivity contribution in [3.63, 3.8) is 0 Å². The standard InChI is InChI=1S/C23H32FN5O3/c1-22(2,3)32-21(30)29-23(4,5)15-28-20(25-6)27-14-16-9-8-12-26-19(16)31-18-11-7-10-17(24)13-18/h7-13H,14-15H2,1-6H3,(H,29,30)(H2,25,27,28). The molecule has 174 valence electrons. The number of ether oxygens (including phenoxy) is 2. The van der Waals surface area contributed by atoms with Gasteiger partial charge in [-0.15, -0.1) is 0 Å². The number of nitrogens with zero attached hydrogens (tertiary/aromatic N) is 2. The third kappa shape index (κ3) is 8.79. The summed E-state index contributed by atoms with van der Waals surface area (Å²) in [7, 11) is 1.65. The summed E-state index contributed by atoms with van der Waals surface area (Å²) in [6, 6.07) is 9.53. The number of halogens is 1. The molecule has 0 spiro atoms. The summed E-state index contributed by atoms with van der Waals surface area (Å²) in [6.07, 6.45) is 1.12. The van der Waals surface area contributed by atoms with Gasteiger partial charge in [-0.05, 0) is 52.8 Å². The zero-order valence-electron chi connectivity index (χ0n) is 19.5.